The molecule has 198 valence electrons. The van der Waals surface area contributed by atoms with E-state index in [1.54, 1.807) is 55.7 Å². The molecule has 0 saturated heterocycles. The fraction of sp³-hybridized carbons (Fsp3) is 0.0909. The number of hydrogen-bond donors (Lipinski definition) is 0. The third-order valence-corrected chi connectivity index (χ3v) is 6.48. The zero-order valence-corrected chi connectivity index (χ0v) is 21.8. The summed E-state index contributed by atoms with van der Waals surface area (Å²) >= 11 is 0. The number of esters is 1. The molecule has 2 heterocycles. The molecule has 1 aliphatic rings. The predicted octanol–water partition coefficient (Wildman–Crippen LogP) is 7.34. The summed E-state index contributed by atoms with van der Waals surface area (Å²) < 4.78 is 28.6. The lowest BCUT2D eigenvalue weighted by Gasteiger charge is -2.07. The van der Waals surface area contributed by atoms with Crippen LogP contribution in [0.4, 0.5) is 0 Å². The molecule has 1 aliphatic heterocycles. The van der Waals surface area contributed by atoms with Crippen molar-refractivity contribution < 1.29 is 33.0 Å². The highest BCUT2D eigenvalue weighted by molar-refractivity contribution is 6.15. The predicted molar refractivity (Wildman–Crippen MR) is 150 cm³/mol. The first-order chi connectivity index (χ1) is 19.5. The molecule has 40 heavy (non-hydrogen) atoms. The fourth-order valence-electron chi connectivity index (χ4n) is 4.57. The highest BCUT2D eigenvalue weighted by atomic mass is 16.5. The van der Waals surface area contributed by atoms with E-state index in [4.69, 9.17) is 23.4 Å². The van der Waals surface area contributed by atoms with Crippen LogP contribution in [0.1, 0.15) is 33.2 Å². The largest absolute Gasteiger partial charge is 0.497 e. The van der Waals surface area contributed by atoms with E-state index in [1.165, 1.54) is 6.07 Å². The Kier molecular flexibility index (Phi) is 6.54. The van der Waals surface area contributed by atoms with Gasteiger partial charge in [0.15, 0.2) is 5.76 Å². The van der Waals surface area contributed by atoms with Crippen LogP contribution in [-0.4, -0.2) is 25.5 Å². The summed E-state index contributed by atoms with van der Waals surface area (Å²) in [4.78, 5) is 26.6. The zero-order valence-electron chi connectivity index (χ0n) is 21.8. The third kappa shape index (κ3) is 4.69. The number of carbonyl (C=O) groups is 2. The number of methoxy groups -OCH3 is 1. The smallest absolute Gasteiger partial charge is 0.348 e. The molecule has 0 aliphatic carbocycles. The first kappa shape index (κ1) is 25.0. The molecular weight excluding hydrogens is 508 g/mol. The average molecular weight is 533 g/mol. The number of rotatable bonds is 7. The average Bonchev–Trinajstić information content (AvgIpc) is 3.51. The van der Waals surface area contributed by atoms with E-state index in [1.807, 2.05) is 49.4 Å². The highest BCUT2D eigenvalue weighted by Crippen LogP contribution is 2.38. The summed E-state index contributed by atoms with van der Waals surface area (Å²) in [6, 6.07) is 26.7. The number of ketones is 1. The van der Waals surface area contributed by atoms with Crippen molar-refractivity contribution in [1.29, 1.82) is 0 Å². The first-order valence-electron chi connectivity index (χ1n) is 12.7. The van der Waals surface area contributed by atoms with Crippen LogP contribution in [0.2, 0.25) is 0 Å². The highest BCUT2D eigenvalue weighted by Gasteiger charge is 2.29. The Balaban J connectivity index is 1.31. The Bertz CT molecular complexity index is 1760. The quantitative estimate of drug-likeness (QED) is 0.123. The monoisotopic (exact) mass is 532 g/mol. The molecule has 0 N–H and O–H groups in total. The summed E-state index contributed by atoms with van der Waals surface area (Å²) in [5, 5.41) is 0.576. The topological polar surface area (TPSA) is 84.2 Å². The molecule has 0 radical (unpaired) electrons. The number of allylic oxidation sites excluding steroid dienone is 1. The lowest BCUT2D eigenvalue weighted by molar-refractivity contribution is 0.0736. The number of fused-ring (bicyclic) bond motifs is 2. The van der Waals surface area contributed by atoms with Gasteiger partial charge in [0.1, 0.15) is 39.9 Å². The molecule has 0 unspecified atom stereocenters. The van der Waals surface area contributed by atoms with Gasteiger partial charge in [-0.2, -0.15) is 0 Å². The standard InChI is InChI=1S/C33H24O7/c1-3-37-23-14-16-27-26(18-23)30(32(40-27)21-7-5-4-6-8-21)33(35)38-24-13-15-25-28(19-24)39-29(31(25)34)17-20-9-11-22(36-2)12-10-20/h4-19H,3H2,1-2H3. The van der Waals surface area contributed by atoms with Gasteiger partial charge in [-0.05, 0) is 61.0 Å². The van der Waals surface area contributed by atoms with Crippen LogP contribution in [0.25, 0.3) is 28.4 Å². The number of furan rings is 1. The minimum atomic E-state index is -0.607. The van der Waals surface area contributed by atoms with E-state index >= 15 is 0 Å². The van der Waals surface area contributed by atoms with Crippen LogP contribution >= 0.6 is 0 Å². The van der Waals surface area contributed by atoms with Gasteiger partial charge in [0.2, 0.25) is 5.78 Å². The minimum absolute atomic E-state index is 0.180. The normalized spacial score (nSPS) is 13.2. The maximum atomic E-state index is 13.6. The van der Waals surface area contributed by atoms with Gasteiger partial charge in [0.05, 0.1) is 19.3 Å². The number of benzene rings is 4. The van der Waals surface area contributed by atoms with Crippen molar-refractivity contribution in [2.24, 2.45) is 0 Å². The molecule has 0 fully saturated rings. The second-order valence-electron chi connectivity index (χ2n) is 9.02. The van der Waals surface area contributed by atoms with Crippen molar-refractivity contribution in [2.45, 2.75) is 6.92 Å². The van der Waals surface area contributed by atoms with Crippen molar-refractivity contribution in [1.82, 2.24) is 0 Å². The molecule has 4 aromatic carbocycles. The molecule has 0 atom stereocenters. The fourth-order valence-corrected chi connectivity index (χ4v) is 4.57. The second kappa shape index (κ2) is 10.5. The molecule has 7 nitrogen and oxygen atoms in total. The van der Waals surface area contributed by atoms with Gasteiger partial charge in [-0.1, -0.05) is 42.5 Å². The van der Waals surface area contributed by atoms with Crippen LogP contribution in [0.15, 0.2) is 101 Å². The van der Waals surface area contributed by atoms with Crippen LogP contribution < -0.4 is 18.9 Å². The Hall–Kier alpha value is -5.30. The van der Waals surface area contributed by atoms with Crippen LogP contribution in [0.3, 0.4) is 0 Å². The van der Waals surface area contributed by atoms with E-state index in [9.17, 15) is 9.59 Å². The van der Waals surface area contributed by atoms with Gasteiger partial charge in [-0.15, -0.1) is 0 Å². The van der Waals surface area contributed by atoms with E-state index in [0.29, 0.717) is 46.1 Å². The van der Waals surface area contributed by atoms with Gasteiger partial charge in [-0.25, -0.2) is 4.79 Å². The summed E-state index contributed by atoms with van der Waals surface area (Å²) in [5.74, 6) is 1.59. The number of hydrogen-bond acceptors (Lipinski definition) is 7. The molecule has 0 amide bonds. The lowest BCUT2D eigenvalue weighted by Crippen LogP contribution is -2.09. The molecule has 0 saturated carbocycles. The van der Waals surface area contributed by atoms with Crippen LogP contribution in [0.5, 0.6) is 23.0 Å². The molecule has 6 rings (SSSR count). The van der Waals surface area contributed by atoms with Crippen molar-refractivity contribution >= 4 is 28.8 Å². The summed E-state index contributed by atoms with van der Waals surface area (Å²) in [6.07, 6.45) is 1.66. The summed E-state index contributed by atoms with van der Waals surface area (Å²) in [6.45, 7) is 2.37. The lowest BCUT2D eigenvalue weighted by atomic mass is 10.1. The van der Waals surface area contributed by atoms with E-state index in [-0.39, 0.29) is 22.9 Å². The zero-order chi connectivity index (χ0) is 27.6. The van der Waals surface area contributed by atoms with E-state index in [0.717, 1.165) is 11.1 Å². The molecule has 7 heteroatoms. The van der Waals surface area contributed by atoms with Gasteiger partial charge in [-0.3, -0.25) is 4.79 Å². The Morgan fingerprint density at radius 2 is 1.62 bits per heavy atom. The maximum absolute atomic E-state index is 13.6. The molecule has 0 spiro atoms. The molecule has 1 aromatic heterocycles. The Morgan fingerprint density at radius 3 is 2.38 bits per heavy atom. The summed E-state index contributed by atoms with van der Waals surface area (Å²) in [5.41, 5.74) is 2.72. The minimum Gasteiger partial charge on any atom is -0.497 e. The Labute approximate surface area is 230 Å². The maximum Gasteiger partial charge on any atom is 0.348 e. The number of carbonyl (C=O) groups excluding carboxylic acids is 2. The van der Waals surface area contributed by atoms with Gasteiger partial charge >= 0.3 is 5.97 Å². The first-order valence-corrected chi connectivity index (χ1v) is 12.7. The molecule has 0 bridgehead atoms. The van der Waals surface area contributed by atoms with Crippen LogP contribution in [0, 0.1) is 0 Å². The van der Waals surface area contributed by atoms with Crippen molar-refractivity contribution in [3.05, 3.63) is 113 Å². The Morgan fingerprint density at radius 1 is 0.875 bits per heavy atom. The van der Waals surface area contributed by atoms with Crippen molar-refractivity contribution in [2.75, 3.05) is 13.7 Å². The summed E-state index contributed by atoms with van der Waals surface area (Å²) in [7, 11) is 1.59. The van der Waals surface area contributed by atoms with Gasteiger partial charge < -0.3 is 23.4 Å². The molecular formula is C33H24O7. The van der Waals surface area contributed by atoms with Crippen molar-refractivity contribution in [3.8, 4) is 34.3 Å². The van der Waals surface area contributed by atoms with E-state index < -0.39 is 5.97 Å². The van der Waals surface area contributed by atoms with E-state index in [2.05, 4.69) is 0 Å². The SMILES string of the molecule is CCOc1ccc2oc(-c3ccccc3)c(C(=O)Oc3ccc4c(c3)OC(=Cc3ccc(OC)cc3)C4=O)c2c1. The van der Waals surface area contributed by atoms with Gasteiger partial charge in [0, 0.05) is 17.0 Å². The van der Waals surface area contributed by atoms with Crippen LogP contribution in [-0.2, 0) is 0 Å². The second-order valence-corrected chi connectivity index (χ2v) is 9.02. The third-order valence-electron chi connectivity index (χ3n) is 6.48. The molecule has 5 aromatic rings. The van der Waals surface area contributed by atoms with Gasteiger partial charge in [0.25, 0.3) is 0 Å². The van der Waals surface area contributed by atoms with Crippen molar-refractivity contribution in [3.63, 3.8) is 0 Å². The number of Topliss-reactive ketones (excluding diaryl/α,β-unsaturated/α-hetero) is 1. The number of ether oxygens (including phenoxy) is 4.